The van der Waals surface area contributed by atoms with Crippen LogP contribution in [0.15, 0.2) is 24.3 Å². The minimum Gasteiger partial charge on any atom is -0.383 e. The summed E-state index contributed by atoms with van der Waals surface area (Å²) in [5.41, 5.74) is 0.993. The van der Waals surface area contributed by atoms with Gasteiger partial charge in [0.1, 0.15) is 0 Å². The minimum absolute atomic E-state index is 0.0430. The van der Waals surface area contributed by atoms with Crippen LogP contribution in [0.5, 0.6) is 0 Å². The fraction of sp³-hybridized carbons (Fsp3) is 0.462. The third-order valence-corrected chi connectivity index (χ3v) is 2.73. The van der Waals surface area contributed by atoms with Gasteiger partial charge in [-0.15, -0.1) is 0 Å². The van der Waals surface area contributed by atoms with Crippen LogP contribution in [0.4, 0.5) is 0 Å². The number of hydrogen-bond acceptors (Lipinski definition) is 3. The number of hydrogen-bond donors (Lipinski definition) is 2. The quantitative estimate of drug-likeness (QED) is 0.743. The van der Waals surface area contributed by atoms with E-state index in [1.807, 2.05) is 31.2 Å². The number of methoxy groups -OCH3 is 1. The largest absolute Gasteiger partial charge is 0.383 e. The van der Waals surface area contributed by atoms with Crippen LogP contribution in [0.1, 0.15) is 18.5 Å². The number of halogens is 1. The van der Waals surface area contributed by atoms with Gasteiger partial charge in [-0.25, -0.2) is 0 Å². The van der Waals surface area contributed by atoms with Gasteiger partial charge in [0.2, 0.25) is 5.91 Å². The topological polar surface area (TPSA) is 50.4 Å². The third kappa shape index (κ3) is 5.49. The first kappa shape index (κ1) is 15.0. The van der Waals surface area contributed by atoms with Gasteiger partial charge >= 0.3 is 0 Å². The van der Waals surface area contributed by atoms with Crippen LogP contribution in [-0.2, 0) is 9.53 Å². The molecule has 0 aliphatic heterocycles. The lowest BCUT2D eigenvalue weighted by molar-refractivity contribution is -0.120. The zero-order chi connectivity index (χ0) is 13.4. The SMILES string of the molecule is COCCNCC(=O)N[C@@H](C)c1cccc(Cl)c1. The number of rotatable bonds is 7. The average Bonchev–Trinajstić information content (AvgIpc) is 2.34. The van der Waals surface area contributed by atoms with Crippen molar-refractivity contribution in [3.8, 4) is 0 Å². The number of amides is 1. The number of ether oxygens (including phenoxy) is 1. The summed E-state index contributed by atoms with van der Waals surface area (Å²) in [4.78, 5) is 11.6. The molecule has 0 saturated carbocycles. The Balaban J connectivity index is 2.35. The summed E-state index contributed by atoms with van der Waals surface area (Å²) in [5.74, 6) is -0.0430. The van der Waals surface area contributed by atoms with Gasteiger partial charge in [-0.2, -0.15) is 0 Å². The first-order chi connectivity index (χ1) is 8.63. The van der Waals surface area contributed by atoms with Crippen LogP contribution in [0.25, 0.3) is 0 Å². The second kappa shape index (κ2) is 8.08. The van der Waals surface area contributed by atoms with Gasteiger partial charge in [0.25, 0.3) is 0 Å². The molecule has 100 valence electrons. The van der Waals surface area contributed by atoms with Crippen LogP contribution in [0, 0.1) is 0 Å². The number of benzene rings is 1. The molecule has 0 heterocycles. The van der Waals surface area contributed by atoms with Crippen molar-refractivity contribution >= 4 is 17.5 Å². The molecule has 0 aliphatic carbocycles. The Kier molecular flexibility index (Phi) is 6.72. The van der Waals surface area contributed by atoms with Gasteiger partial charge in [-0.3, -0.25) is 4.79 Å². The van der Waals surface area contributed by atoms with Crippen molar-refractivity contribution in [3.63, 3.8) is 0 Å². The molecule has 0 fully saturated rings. The molecule has 0 aromatic heterocycles. The van der Waals surface area contributed by atoms with Crippen LogP contribution in [0.2, 0.25) is 5.02 Å². The fourth-order valence-corrected chi connectivity index (χ4v) is 1.73. The van der Waals surface area contributed by atoms with Gasteiger partial charge in [-0.1, -0.05) is 23.7 Å². The van der Waals surface area contributed by atoms with Gasteiger partial charge in [-0.05, 0) is 24.6 Å². The van der Waals surface area contributed by atoms with E-state index in [1.165, 1.54) is 0 Å². The Morgan fingerprint density at radius 3 is 2.94 bits per heavy atom. The lowest BCUT2D eigenvalue weighted by Gasteiger charge is -2.14. The number of nitrogens with one attached hydrogen (secondary N) is 2. The normalized spacial score (nSPS) is 12.2. The molecule has 0 aliphatic rings. The first-order valence-electron chi connectivity index (χ1n) is 5.88. The second-order valence-corrected chi connectivity index (χ2v) is 4.45. The Morgan fingerprint density at radius 1 is 1.50 bits per heavy atom. The molecular formula is C13H19ClN2O2. The first-order valence-corrected chi connectivity index (χ1v) is 6.25. The van der Waals surface area contributed by atoms with Gasteiger partial charge < -0.3 is 15.4 Å². The lowest BCUT2D eigenvalue weighted by Crippen LogP contribution is -2.36. The average molecular weight is 271 g/mol. The molecule has 1 amide bonds. The summed E-state index contributed by atoms with van der Waals surface area (Å²) in [6.07, 6.45) is 0. The Hall–Kier alpha value is -1.10. The maximum atomic E-state index is 11.6. The highest BCUT2D eigenvalue weighted by molar-refractivity contribution is 6.30. The molecule has 0 saturated heterocycles. The van der Waals surface area contributed by atoms with Crippen LogP contribution in [-0.4, -0.2) is 32.7 Å². The molecule has 0 radical (unpaired) electrons. The van der Waals surface area contributed by atoms with Gasteiger partial charge in [0.05, 0.1) is 19.2 Å². The zero-order valence-corrected chi connectivity index (χ0v) is 11.5. The van der Waals surface area contributed by atoms with E-state index in [4.69, 9.17) is 16.3 Å². The van der Waals surface area contributed by atoms with Gasteiger partial charge in [0, 0.05) is 18.7 Å². The summed E-state index contributed by atoms with van der Waals surface area (Å²) >= 11 is 5.90. The maximum Gasteiger partial charge on any atom is 0.234 e. The van der Waals surface area contributed by atoms with Crippen molar-refractivity contribution in [3.05, 3.63) is 34.9 Å². The van der Waals surface area contributed by atoms with E-state index in [1.54, 1.807) is 7.11 Å². The van der Waals surface area contributed by atoms with Crippen LogP contribution in [0.3, 0.4) is 0 Å². The molecule has 1 atom stereocenters. The van der Waals surface area contributed by atoms with Crippen molar-refractivity contribution < 1.29 is 9.53 Å². The molecule has 5 heteroatoms. The molecular weight excluding hydrogens is 252 g/mol. The molecule has 0 bridgehead atoms. The molecule has 18 heavy (non-hydrogen) atoms. The van der Waals surface area contributed by atoms with Crippen molar-refractivity contribution in [2.75, 3.05) is 26.8 Å². The van der Waals surface area contributed by atoms with Crippen LogP contribution < -0.4 is 10.6 Å². The van der Waals surface area contributed by atoms with E-state index in [-0.39, 0.29) is 18.5 Å². The van der Waals surface area contributed by atoms with Crippen LogP contribution >= 0.6 is 11.6 Å². The van der Waals surface area contributed by atoms with Gasteiger partial charge in [0.15, 0.2) is 0 Å². The third-order valence-electron chi connectivity index (χ3n) is 2.49. The summed E-state index contributed by atoms with van der Waals surface area (Å²) in [6.45, 7) is 3.47. The number of carbonyl (C=O) groups excluding carboxylic acids is 1. The highest BCUT2D eigenvalue weighted by atomic mass is 35.5. The lowest BCUT2D eigenvalue weighted by atomic mass is 10.1. The predicted molar refractivity (Wildman–Crippen MR) is 72.8 cm³/mol. The van der Waals surface area contributed by atoms with E-state index in [2.05, 4.69) is 10.6 Å². The molecule has 1 rings (SSSR count). The summed E-state index contributed by atoms with van der Waals surface area (Å²) in [7, 11) is 1.63. The van der Waals surface area contributed by atoms with Crippen molar-refractivity contribution in [2.45, 2.75) is 13.0 Å². The monoisotopic (exact) mass is 270 g/mol. The van der Waals surface area contributed by atoms with Crippen molar-refractivity contribution in [1.82, 2.24) is 10.6 Å². The zero-order valence-electron chi connectivity index (χ0n) is 10.7. The highest BCUT2D eigenvalue weighted by Gasteiger charge is 2.09. The van der Waals surface area contributed by atoms with E-state index in [0.717, 1.165) is 5.56 Å². The van der Waals surface area contributed by atoms with E-state index >= 15 is 0 Å². The Labute approximate surface area is 113 Å². The number of carbonyl (C=O) groups is 1. The Bertz CT molecular complexity index is 385. The maximum absolute atomic E-state index is 11.6. The molecule has 1 aromatic carbocycles. The van der Waals surface area contributed by atoms with E-state index in [0.29, 0.717) is 18.2 Å². The minimum atomic E-state index is -0.0552. The summed E-state index contributed by atoms with van der Waals surface area (Å²) in [5, 5.41) is 6.56. The predicted octanol–water partition coefficient (Wildman–Crippen LogP) is 1.75. The standard InChI is InChI=1S/C13H19ClN2O2/c1-10(11-4-3-5-12(14)8-11)16-13(17)9-15-6-7-18-2/h3-5,8,10,15H,6-7,9H2,1-2H3,(H,16,17)/t10-/m0/s1. The second-order valence-electron chi connectivity index (χ2n) is 4.01. The van der Waals surface area contributed by atoms with Crippen molar-refractivity contribution in [1.29, 1.82) is 0 Å². The smallest absolute Gasteiger partial charge is 0.234 e. The molecule has 0 unspecified atom stereocenters. The fourth-order valence-electron chi connectivity index (χ4n) is 1.53. The molecule has 4 nitrogen and oxygen atoms in total. The summed E-state index contributed by atoms with van der Waals surface area (Å²) < 4.78 is 4.88. The molecule has 2 N–H and O–H groups in total. The molecule has 0 spiro atoms. The summed E-state index contributed by atoms with van der Waals surface area (Å²) in [6, 6.07) is 7.42. The van der Waals surface area contributed by atoms with E-state index < -0.39 is 0 Å². The highest BCUT2D eigenvalue weighted by Crippen LogP contribution is 2.16. The molecule has 1 aromatic rings. The Morgan fingerprint density at radius 2 is 2.28 bits per heavy atom. The van der Waals surface area contributed by atoms with Crippen molar-refractivity contribution in [2.24, 2.45) is 0 Å². The van der Waals surface area contributed by atoms with E-state index in [9.17, 15) is 4.79 Å².